The number of unbranched alkanes of at least 4 members (excludes halogenated alkanes) is 4. The summed E-state index contributed by atoms with van der Waals surface area (Å²) in [4.78, 5) is 34.6. The smallest absolute Gasteiger partial charge is 0.341 e. The third kappa shape index (κ3) is 5.79. The van der Waals surface area contributed by atoms with Crippen LogP contribution in [0.1, 0.15) is 74.3 Å². The molecule has 0 fully saturated rings. The van der Waals surface area contributed by atoms with Crippen LogP contribution in [0.5, 0.6) is 11.5 Å². The van der Waals surface area contributed by atoms with Gasteiger partial charge < -0.3 is 24.3 Å². The quantitative estimate of drug-likeness (QED) is 0.428. The number of fused-ring (bicyclic) bond motifs is 3. The van der Waals surface area contributed by atoms with Crippen LogP contribution in [0.15, 0.2) is 29.2 Å². The van der Waals surface area contributed by atoms with Crippen LogP contribution in [0.3, 0.4) is 0 Å². The largest absolute Gasteiger partial charge is 0.493 e. The Morgan fingerprint density at radius 1 is 1.06 bits per heavy atom. The number of carbonyl (C=O) groups is 2. The van der Waals surface area contributed by atoms with Gasteiger partial charge in [-0.1, -0.05) is 33.1 Å². The number of aliphatic carboxylic acids is 1. The van der Waals surface area contributed by atoms with E-state index in [1.54, 1.807) is 7.11 Å². The fourth-order valence-electron chi connectivity index (χ4n) is 4.45. The van der Waals surface area contributed by atoms with Crippen LogP contribution >= 0.6 is 0 Å². The Morgan fingerprint density at radius 2 is 1.76 bits per heavy atom. The molecule has 2 aromatic rings. The van der Waals surface area contributed by atoms with Crippen molar-refractivity contribution in [1.82, 2.24) is 4.57 Å². The van der Waals surface area contributed by atoms with E-state index in [9.17, 15) is 19.5 Å². The van der Waals surface area contributed by atoms with Crippen molar-refractivity contribution in [3.05, 3.63) is 45.7 Å². The molecule has 8 nitrogen and oxygen atoms in total. The zero-order valence-corrected chi connectivity index (χ0v) is 20.0. The van der Waals surface area contributed by atoms with Crippen molar-refractivity contribution in [3.8, 4) is 22.8 Å². The topological polar surface area (TPSA) is 115 Å². The van der Waals surface area contributed by atoms with Crippen molar-refractivity contribution in [2.45, 2.75) is 64.8 Å². The molecule has 2 heterocycles. The fourth-order valence-corrected chi connectivity index (χ4v) is 4.45. The van der Waals surface area contributed by atoms with Crippen molar-refractivity contribution in [1.29, 1.82) is 0 Å². The summed E-state index contributed by atoms with van der Waals surface area (Å²) in [6.07, 6.45) is 6.75. The predicted octanol–water partition coefficient (Wildman–Crippen LogP) is 4.78. The number of methoxy groups -OCH3 is 1. The molecule has 0 spiro atoms. The predicted molar refractivity (Wildman–Crippen MR) is 128 cm³/mol. The Hall–Kier alpha value is -3.29. The van der Waals surface area contributed by atoms with Crippen LogP contribution in [0, 0.1) is 5.92 Å². The summed E-state index contributed by atoms with van der Waals surface area (Å²) in [5, 5.41) is 18.1. The van der Waals surface area contributed by atoms with Crippen LogP contribution in [-0.2, 0) is 11.2 Å². The molecular formula is C26H33NO7. The molecular weight excluding hydrogens is 438 g/mol. The maximum absolute atomic E-state index is 12.5. The standard InChI is InChI=1S/C26H33NO7/c1-16(2)20-11-17-12-24(34-10-8-6-4-5-7-9-25(29)30)23(33-3)13-18(17)21-14-22(28)19(26(31)32)15-27(20)21/h12-16,20H,4-11H2,1-3H3,(H,29,30)(H,31,32)/t20-/m0/s1. The average Bonchev–Trinajstić information content (AvgIpc) is 2.78. The van der Waals surface area contributed by atoms with Gasteiger partial charge in [0.1, 0.15) is 5.56 Å². The number of carboxylic acid groups (broad SMARTS) is 2. The Labute approximate surface area is 199 Å². The molecule has 2 N–H and O–H groups in total. The first-order chi connectivity index (χ1) is 16.2. The van der Waals surface area contributed by atoms with Crippen LogP contribution in [0.4, 0.5) is 0 Å². The van der Waals surface area contributed by atoms with Gasteiger partial charge >= 0.3 is 11.9 Å². The van der Waals surface area contributed by atoms with Gasteiger partial charge in [0.25, 0.3) is 0 Å². The Morgan fingerprint density at radius 3 is 2.41 bits per heavy atom. The molecule has 184 valence electrons. The summed E-state index contributed by atoms with van der Waals surface area (Å²) in [5.74, 6) is -0.546. The Bertz CT molecular complexity index is 1100. The van der Waals surface area contributed by atoms with E-state index in [2.05, 4.69) is 13.8 Å². The Balaban J connectivity index is 1.79. The van der Waals surface area contributed by atoms with Gasteiger partial charge in [-0.25, -0.2) is 4.79 Å². The van der Waals surface area contributed by atoms with Crippen molar-refractivity contribution >= 4 is 11.9 Å². The van der Waals surface area contributed by atoms with Crippen molar-refractivity contribution in [2.24, 2.45) is 5.92 Å². The van der Waals surface area contributed by atoms with Gasteiger partial charge in [-0.2, -0.15) is 0 Å². The van der Waals surface area contributed by atoms with Gasteiger partial charge in [-0.05, 0) is 42.9 Å². The summed E-state index contributed by atoms with van der Waals surface area (Å²) in [7, 11) is 1.57. The molecule has 0 saturated heterocycles. The summed E-state index contributed by atoms with van der Waals surface area (Å²) in [6, 6.07) is 5.24. The maximum Gasteiger partial charge on any atom is 0.341 e. The van der Waals surface area contributed by atoms with Crippen LogP contribution in [0.2, 0.25) is 0 Å². The lowest BCUT2D eigenvalue weighted by Gasteiger charge is -2.33. The van der Waals surface area contributed by atoms with Gasteiger partial charge in [0, 0.05) is 30.3 Å². The van der Waals surface area contributed by atoms with Crippen molar-refractivity contribution in [3.63, 3.8) is 0 Å². The van der Waals surface area contributed by atoms with E-state index >= 15 is 0 Å². The van der Waals surface area contributed by atoms with Crippen molar-refractivity contribution < 1.29 is 29.3 Å². The number of aromatic nitrogens is 1. The van der Waals surface area contributed by atoms with Gasteiger partial charge in [0.15, 0.2) is 16.9 Å². The normalized spacial score (nSPS) is 14.4. The van der Waals surface area contributed by atoms with E-state index in [4.69, 9.17) is 14.6 Å². The molecule has 3 rings (SSSR count). The first-order valence-electron chi connectivity index (χ1n) is 11.8. The number of benzene rings is 1. The highest BCUT2D eigenvalue weighted by Crippen LogP contribution is 2.42. The number of pyridine rings is 1. The molecule has 0 bridgehead atoms. The molecule has 0 radical (unpaired) electrons. The lowest BCUT2D eigenvalue weighted by Crippen LogP contribution is -2.28. The minimum Gasteiger partial charge on any atom is -0.493 e. The highest BCUT2D eigenvalue weighted by molar-refractivity contribution is 5.88. The van der Waals surface area contributed by atoms with Crippen LogP contribution in [-0.4, -0.2) is 40.4 Å². The molecule has 1 aliphatic rings. The summed E-state index contributed by atoms with van der Waals surface area (Å²) < 4.78 is 13.5. The minimum atomic E-state index is -1.23. The van der Waals surface area contributed by atoms with E-state index in [1.807, 2.05) is 16.7 Å². The zero-order chi connectivity index (χ0) is 24.8. The lowest BCUT2D eigenvalue weighted by molar-refractivity contribution is -0.137. The highest BCUT2D eigenvalue weighted by atomic mass is 16.5. The molecule has 0 aliphatic carbocycles. The molecule has 1 atom stereocenters. The number of aromatic carboxylic acids is 1. The van der Waals surface area contributed by atoms with E-state index in [0.717, 1.165) is 36.8 Å². The third-order valence-corrected chi connectivity index (χ3v) is 6.32. The van der Waals surface area contributed by atoms with E-state index in [-0.39, 0.29) is 23.9 Å². The molecule has 34 heavy (non-hydrogen) atoms. The number of nitrogens with zero attached hydrogens (tertiary/aromatic N) is 1. The second kappa shape index (κ2) is 11.2. The first-order valence-corrected chi connectivity index (χ1v) is 11.8. The van der Waals surface area contributed by atoms with Crippen LogP contribution in [0.25, 0.3) is 11.3 Å². The summed E-state index contributed by atoms with van der Waals surface area (Å²) in [5.41, 5.74) is 1.81. The molecule has 8 heteroatoms. The van der Waals surface area contributed by atoms with Crippen LogP contribution < -0.4 is 14.9 Å². The molecule has 0 unspecified atom stereocenters. The molecule has 0 amide bonds. The summed E-state index contributed by atoms with van der Waals surface area (Å²) in [6.45, 7) is 4.68. The number of carboxylic acids is 2. The van der Waals surface area contributed by atoms with E-state index in [1.165, 1.54) is 12.3 Å². The highest BCUT2D eigenvalue weighted by Gasteiger charge is 2.29. The zero-order valence-electron chi connectivity index (χ0n) is 20.0. The monoisotopic (exact) mass is 471 g/mol. The number of ether oxygens (including phenoxy) is 2. The number of rotatable bonds is 12. The van der Waals surface area contributed by atoms with Gasteiger partial charge in [-0.3, -0.25) is 9.59 Å². The second-order valence-corrected chi connectivity index (χ2v) is 9.08. The molecule has 1 aliphatic heterocycles. The maximum atomic E-state index is 12.5. The number of hydrogen-bond acceptors (Lipinski definition) is 5. The Kier molecular flexibility index (Phi) is 8.36. The molecule has 1 aromatic carbocycles. The van der Waals surface area contributed by atoms with E-state index in [0.29, 0.717) is 36.6 Å². The summed E-state index contributed by atoms with van der Waals surface area (Å²) >= 11 is 0. The van der Waals surface area contributed by atoms with Gasteiger partial charge in [-0.15, -0.1) is 0 Å². The van der Waals surface area contributed by atoms with Crippen molar-refractivity contribution in [2.75, 3.05) is 13.7 Å². The first kappa shape index (κ1) is 25.3. The average molecular weight is 472 g/mol. The van der Waals surface area contributed by atoms with Gasteiger partial charge in [0.2, 0.25) is 0 Å². The minimum absolute atomic E-state index is 0.00764. The third-order valence-electron chi connectivity index (χ3n) is 6.32. The second-order valence-electron chi connectivity index (χ2n) is 9.08. The van der Waals surface area contributed by atoms with E-state index < -0.39 is 17.4 Å². The lowest BCUT2D eigenvalue weighted by atomic mass is 9.87. The molecule has 1 aromatic heterocycles. The SMILES string of the molecule is COc1cc2c(cc1OCCCCCCCC(=O)O)C[C@@H](C(C)C)n1cc(C(=O)O)c(=O)cc1-2. The number of hydrogen-bond donors (Lipinski definition) is 2. The fraction of sp³-hybridized carbons (Fsp3) is 0.500. The van der Waals surface area contributed by atoms with Gasteiger partial charge in [0.05, 0.1) is 19.4 Å². The molecule has 0 saturated carbocycles.